The highest BCUT2D eigenvalue weighted by molar-refractivity contribution is 5.91. The molecule has 2 saturated carbocycles. The molecule has 1 saturated heterocycles. The highest BCUT2D eigenvalue weighted by atomic mass is 16.6. The predicted octanol–water partition coefficient (Wildman–Crippen LogP) is 5.32. The van der Waals surface area contributed by atoms with Crippen LogP contribution in [0.1, 0.15) is 65.0 Å². The summed E-state index contributed by atoms with van der Waals surface area (Å²) in [6.07, 6.45) is 7.35. The molecule has 7 atom stereocenters. The average Bonchev–Trinajstić information content (AvgIpc) is 3.54. The summed E-state index contributed by atoms with van der Waals surface area (Å²) in [4.78, 5) is 51.2. The van der Waals surface area contributed by atoms with E-state index in [-0.39, 0.29) is 24.9 Å². The SMILES string of the molecule is C=CCCC[C@@H]1C[C@H]2C[C@H]2[C@H]1OC(=O)N[C@H](C(=O)N1C[C@H](Oc2nc3cc(OC)ccc3nc2C=C)C[C@H]1C(=O)OC)C(C)(C)C. The summed E-state index contributed by atoms with van der Waals surface area (Å²) in [7, 11) is 2.85. The Labute approximate surface area is 270 Å². The molecule has 2 amide bonds. The fourth-order valence-electron chi connectivity index (χ4n) is 6.92. The molecule has 2 aromatic rings. The number of unbranched alkanes of at least 4 members (excludes halogenated alkanes) is 1. The van der Waals surface area contributed by atoms with Gasteiger partial charge in [0.05, 0.1) is 31.8 Å². The van der Waals surface area contributed by atoms with E-state index in [0.717, 1.165) is 32.1 Å². The lowest BCUT2D eigenvalue weighted by Crippen LogP contribution is -2.57. The number of likely N-dealkylation sites (tertiary alicyclic amines) is 1. The molecule has 1 aromatic carbocycles. The number of carbonyl (C=O) groups is 3. The van der Waals surface area contributed by atoms with Crippen molar-refractivity contribution in [2.24, 2.45) is 23.2 Å². The molecular formula is C35H46N4O7. The van der Waals surface area contributed by atoms with E-state index < -0.39 is 41.6 Å². The van der Waals surface area contributed by atoms with E-state index in [1.54, 1.807) is 31.4 Å². The topological polar surface area (TPSA) is 129 Å². The number of hydrogen-bond donors (Lipinski definition) is 1. The smallest absolute Gasteiger partial charge is 0.408 e. The van der Waals surface area contributed by atoms with Crippen molar-refractivity contribution >= 4 is 35.1 Å². The number of rotatable bonds is 12. The zero-order valence-electron chi connectivity index (χ0n) is 27.5. The number of fused-ring (bicyclic) bond motifs is 2. The molecule has 2 heterocycles. The number of amides is 2. The van der Waals surface area contributed by atoms with Crippen LogP contribution in [-0.2, 0) is 19.1 Å². The minimum atomic E-state index is -0.960. The maximum absolute atomic E-state index is 14.2. The average molecular weight is 635 g/mol. The summed E-state index contributed by atoms with van der Waals surface area (Å²) in [5.74, 6) is 1.19. The number of allylic oxidation sites excluding steroid dienone is 1. The second kappa shape index (κ2) is 13.7. The molecule has 11 heteroatoms. The molecule has 0 unspecified atom stereocenters. The fraction of sp³-hybridized carbons (Fsp3) is 0.571. The summed E-state index contributed by atoms with van der Waals surface area (Å²) >= 11 is 0. The van der Waals surface area contributed by atoms with E-state index in [1.807, 2.05) is 26.8 Å². The van der Waals surface area contributed by atoms with E-state index in [0.29, 0.717) is 40.2 Å². The summed E-state index contributed by atoms with van der Waals surface area (Å²) < 4.78 is 22.7. The van der Waals surface area contributed by atoms with Crippen molar-refractivity contribution in [1.82, 2.24) is 20.2 Å². The first-order valence-corrected chi connectivity index (χ1v) is 16.1. The number of methoxy groups -OCH3 is 2. The van der Waals surface area contributed by atoms with Gasteiger partial charge in [0.2, 0.25) is 11.8 Å². The Bertz CT molecular complexity index is 1490. The maximum atomic E-state index is 14.2. The Hall–Kier alpha value is -4.15. The third kappa shape index (κ3) is 7.13. The van der Waals surface area contributed by atoms with Crippen molar-refractivity contribution in [3.63, 3.8) is 0 Å². The molecule has 11 nitrogen and oxygen atoms in total. The van der Waals surface area contributed by atoms with Gasteiger partial charge in [0, 0.05) is 12.5 Å². The lowest BCUT2D eigenvalue weighted by molar-refractivity contribution is -0.152. The van der Waals surface area contributed by atoms with Crippen LogP contribution in [-0.4, -0.2) is 77.9 Å². The predicted molar refractivity (Wildman–Crippen MR) is 173 cm³/mol. The van der Waals surface area contributed by atoms with Crippen LogP contribution in [0.2, 0.25) is 0 Å². The van der Waals surface area contributed by atoms with Crippen molar-refractivity contribution < 1.29 is 33.3 Å². The van der Waals surface area contributed by atoms with Crippen LogP contribution in [0.4, 0.5) is 4.79 Å². The summed E-state index contributed by atoms with van der Waals surface area (Å²) in [5, 5.41) is 2.87. The molecule has 0 spiro atoms. The summed E-state index contributed by atoms with van der Waals surface area (Å²) in [6, 6.07) is 3.46. The van der Waals surface area contributed by atoms with Crippen molar-refractivity contribution in [1.29, 1.82) is 0 Å². The highest BCUT2D eigenvalue weighted by Crippen LogP contribution is 2.56. The molecule has 0 radical (unpaired) electrons. The minimum Gasteiger partial charge on any atom is -0.497 e. The molecule has 0 bridgehead atoms. The Balaban J connectivity index is 1.32. The number of nitrogens with one attached hydrogen (secondary N) is 1. The van der Waals surface area contributed by atoms with Gasteiger partial charge in [0.1, 0.15) is 35.7 Å². The zero-order chi connectivity index (χ0) is 33.2. The number of nitrogens with zero attached hydrogens (tertiary/aromatic N) is 3. The van der Waals surface area contributed by atoms with Crippen molar-refractivity contribution in [3.05, 3.63) is 43.1 Å². The molecule has 3 aliphatic rings. The van der Waals surface area contributed by atoms with Gasteiger partial charge in [-0.3, -0.25) is 4.79 Å². The molecule has 2 aliphatic carbocycles. The monoisotopic (exact) mass is 634 g/mol. The Morgan fingerprint density at radius 3 is 2.57 bits per heavy atom. The van der Waals surface area contributed by atoms with Gasteiger partial charge < -0.3 is 29.2 Å². The fourth-order valence-corrected chi connectivity index (χ4v) is 6.92. The quantitative estimate of drug-likeness (QED) is 0.187. The second-order valence-corrected chi connectivity index (χ2v) is 13.7. The van der Waals surface area contributed by atoms with Crippen LogP contribution < -0.4 is 14.8 Å². The number of benzene rings is 1. The van der Waals surface area contributed by atoms with Gasteiger partial charge in [0.25, 0.3) is 0 Å². The van der Waals surface area contributed by atoms with Crippen molar-refractivity contribution in [3.8, 4) is 11.6 Å². The van der Waals surface area contributed by atoms with Crippen molar-refractivity contribution in [2.75, 3.05) is 20.8 Å². The molecule has 5 rings (SSSR count). The Morgan fingerprint density at radius 2 is 1.89 bits per heavy atom. The highest BCUT2D eigenvalue weighted by Gasteiger charge is 2.55. The summed E-state index contributed by atoms with van der Waals surface area (Å²) in [5.41, 5.74) is 0.952. The third-order valence-electron chi connectivity index (χ3n) is 9.43. The van der Waals surface area contributed by atoms with Crippen LogP contribution in [0.5, 0.6) is 11.6 Å². The lowest BCUT2D eigenvalue weighted by Gasteiger charge is -2.35. The van der Waals surface area contributed by atoms with Gasteiger partial charge in [-0.1, -0.05) is 33.4 Å². The Kier molecular flexibility index (Phi) is 9.88. The minimum absolute atomic E-state index is 0.0775. The molecule has 3 fully saturated rings. The van der Waals surface area contributed by atoms with Gasteiger partial charge in [-0.05, 0) is 73.5 Å². The summed E-state index contributed by atoms with van der Waals surface area (Å²) in [6.45, 7) is 13.3. The van der Waals surface area contributed by atoms with Crippen LogP contribution in [0.15, 0.2) is 37.4 Å². The number of carbonyl (C=O) groups excluding carboxylic acids is 3. The second-order valence-electron chi connectivity index (χ2n) is 13.7. The molecule has 248 valence electrons. The van der Waals surface area contributed by atoms with Crippen LogP contribution in [0.25, 0.3) is 17.1 Å². The van der Waals surface area contributed by atoms with E-state index in [9.17, 15) is 14.4 Å². The first kappa shape index (κ1) is 33.2. The largest absolute Gasteiger partial charge is 0.497 e. The first-order valence-electron chi connectivity index (χ1n) is 16.1. The van der Waals surface area contributed by atoms with E-state index in [1.165, 1.54) is 12.0 Å². The zero-order valence-corrected chi connectivity index (χ0v) is 27.5. The van der Waals surface area contributed by atoms with Gasteiger partial charge >= 0.3 is 12.1 Å². The molecule has 1 aromatic heterocycles. The van der Waals surface area contributed by atoms with Crippen molar-refractivity contribution in [2.45, 2.75) is 83.6 Å². The third-order valence-corrected chi connectivity index (χ3v) is 9.43. The first-order chi connectivity index (χ1) is 22.0. The van der Waals surface area contributed by atoms with Gasteiger partial charge in [-0.25, -0.2) is 19.6 Å². The standard InChI is InChI=1S/C35H46N4O7/c1-8-10-11-12-20-15-21-16-24(21)29(20)46-34(42)38-30(35(3,4)5)32(40)39-19-23(18-28(39)33(41)44-7)45-31-25(9-2)36-26-14-13-22(43-6)17-27(26)37-31/h8-9,13-14,17,20-21,23-24,28-30H,1-2,10-12,15-16,18-19H2,3-7H3,(H,38,42)/t20-,21+,23-,24-,28+,29+,30-/m1/s1. The van der Waals surface area contributed by atoms with E-state index >= 15 is 0 Å². The number of aromatic nitrogens is 2. The van der Waals surface area contributed by atoms with Gasteiger partial charge in [-0.2, -0.15) is 0 Å². The van der Waals surface area contributed by atoms with Crippen LogP contribution >= 0.6 is 0 Å². The van der Waals surface area contributed by atoms with Gasteiger partial charge in [0.15, 0.2) is 0 Å². The lowest BCUT2D eigenvalue weighted by atomic mass is 9.85. The number of esters is 1. The van der Waals surface area contributed by atoms with Crippen LogP contribution in [0, 0.1) is 23.2 Å². The maximum Gasteiger partial charge on any atom is 0.408 e. The molecule has 46 heavy (non-hydrogen) atoms. The molecular weight excluding hydrogens is 588 g/mol. The van der Waals surface area contributed by atoms with Crippen LogP contribution in [0.3, 0.4) is 0 Å². The van der Waals surface area contributed by atoms with E-state index in [4.69, 9.17) is 18.9 Å². The normalized spacial score (nSPS) is 25.7. The molecule has 1 N–H and O–H groups in total. The molecule has 1 aliphatic heterocycles. The Morgan fingerprint density at radius 1 is 1.11 bits per heavy atom. The van der Waals surface area contributed by atoms with E-state index in [2.05, 4.69) is 28.4 Å². The number of hydrogen-bond acceptors (Lipinski definition) is 9. The van der Waals surface area contributed by atoms with Gasteiger partial charge in [-0.15, -0.1) is 6.58 Å². The number of alkyl carbamates (subject to hydrolysis) is 1. The number of ether oxygens (including phenoxy) is 4.